The first-order valence-corrected chi connectivity index (χ1v) is 25.7. The number of aliphatic carboxylic acids is 1. The molecule has 0 aromatic heterocycles. The molecule has 0 aliphatic heterocycles. The Hall–Kier alpha value is -3.53. The number of carbonyl (C=O) groups excluding carboxylic acids is 3. The minimum atomic E-state index is -1.63. The largest absolute Gasteiger partial charge is 0.545 e. The highest BCUT2D eigenvalue weighted by Gasteiger charge is 2.21. The molecule has 0 heterocycles. The van der Waals surface area contributed by atoms with Crippen LogP contribution in [0.15, 0.2) is 85.1 Å². The maximum Gasteiger partial charge on any atom is 0.306 e. The molecule has 0 spiro atoms. The molecule has 9 heteroatoms. The van der Waals surface area contributed by atoms with E-state index >= 15 is 0 Å². The van der Waals surface area contributed by atoms with E-state index in [0.717, 1.165) is 103 Å². The zero-order chi connectivity index (χ0) is 47.7. The van der Waals surface area contributed by atoms with Gasteiger partial charge >= 0.3 is 11.9 Å². The van der Waals surface area contributed by atoms with E-state index in [9.17, 15) is 19.5 Å². The molecule has 0 saturated carbocycles. The van der Waals surface area contributed by atoms with Crippen molar-refractivity contribution in [3.63, 3.8) is 0 Å². The lowest BCUT2D eigenvalue weighted by Crippen LogP contribution is -2.44. The van der Waals surface area contributed by atoms with Crippen LogP contribution in [0.2, 0.25) is 0 Å². The van der Waals surface area contributed by atoms with E-state index in [0.29, 0.717) is 17.4 Å². The normalized spacial score (nSPS) is 13.6. The van der Waals surface area contributed by atoms with Crippen molar-refractivity contribution in [2.75, 3.05) is 47.5 Å². The van der Waals surface area contributed by atoms with Crippen molar-refractivity contribution in [1.82, 2.24) is 0 Å². The molecule has 0 aromatic carbocycles. The topological polar surface area (TPSA) is 111 Å². The molecule has 9 nitrogen and oxygen atoms in total. The van der Waals surface area contributed by atoms with Crippen LogP contribution >= 0.6 is 0 Å². The number of unbranched alkanes of at least 4 members (excludes halogenated alkanes) is 17. The molecule has 0 aliphatic rings. The fourth-order valence-electron chi connectivity index (χ4n) is 6.65. The molecule has 0 bridgehead atoms. The predicted molar refractivity (Wildman–Crippen MR) is 269 cm³/mol. The van der Waals surface area contributed by atoms with Gasteiger partial charge in [0, 0.05) is 12.8 Å². The number of hydrogen-bond acceptors (Lipinski definition) is 8. The fraction of sp³-hybridized carbons (Fsp3) is 0.696. The van der Waals surface area contributed by atoms with Gasteiger partial charge < -0.3 is 33.3 Å². The van der Waals surface area contributed by atoms with Crippen LogP contribution in [-0.4, -0.2) is 82.3 Å². The maximum absolute atomic E-state index is 12.8. The van der Waals surface area contributed by atoms with Gasteiger partial charge in [-0.2, -0.15) is 0 Å². The van der Waals surface area contributed by atoms with Crippen LogP contribution in [0.25, 0.3) is 0 Å². The number of carboxylic acids is 1. The Kier molecular flexibility index (Phi) is 44.4. The number of esters is 2. The quantitative estimate of drug-likeness (QED) is 0.0195. The number of quaternary nitrogens is 1. The number of nitrogens with zero attached hydrogens (tertiary/aromatic N) is 1. The highest BCUT2D eigenvalue weighted by molar-refractivity contribution is 5.70. The molecule has 0 rings (SSSR count). The van der Waals surface area contributed by atoms with Crippen LogP contribution in [0.1, 0.15) is 194 Å². The summed E-state index contributed by atoms with van der Waals surface area (Å²) in [6, 6.07) is 0. The predicted octanol–water partition coefficient (Wildman–Crippen LogP) is 13.1. The van der Waals surface area contributed by atoms with Gasteiger partial charge in [-0.05, 0) is 89.9 Å². The van der Waals surface area contributed by atoms with E-state index in [4.69, 9.17) is 18.9 Å². The summed E-state index contributed by atoms with van der Waals surface area (Å²) in [6.45, 7) is 4.58. The molecular formula is C56H95NO8. The summed E-state index contributed by atoms with van der Waals surface area (Å²) in [5.74, 6) is -2.32. The second-order valence-electron chi connectivity index (χ2n) is 18.1. The summed E-state index contributed by atoms with van der Waals surface area (Å²) in [5.41, 5.74) is 0. The van der Waals surface area contributed by atoms with Crippen molar-refractivity contribution < 1.29 is 42.9 Å². The van der Waals surface area contributed by atoms with Crippen LogP contribution in [0.5, 0.6) is 0 Å². The molecule has 0 radical (unpaired) electrons. The lowest BCUT2D eigenvalue weighted by atomic mass is 10.1. The summed E-state index contributed by atoms with van der Waals surface area (Å²) >= 11 is 0. The van der Waals surface area contributed by atoms with E-state index < -0.39 is 24.3 Å². The van der Waals surface area contributed by atoms with Gasteiger partial charge in [0.1, 0.15) is 13.2 Å². The van der Waals surface area contributed by atoms with Gasteiger partial charge in [-0.25, -0.2) is 0 Å². The molecule has 0 aliphatic carbocycles. The van der Waals surface area contributed by atoms with E-state index in [1.807, 2.05) is 21.1 Å². The highest BCUT2D eigenvalue weighted by Crippen LogP contribution is 2.14. The van der Waals surface area contributed by atoms with E-state index in [-0.39, 0.29) is 38.6 Å². The number of likely N-dealkylation sites (N-methyl/N-ethyl adjacent to an activating group) is 1. The van der Waals surface area contributed by atoms with Gasteiger partial charge in [-0.3, -0.25) is 9.59 Å². The van der Waals surface area contributed by atoms with Crippen molar-refractivity contribution in [1.29, 1.82) is 0 Å². The van der Waals surface area contributed by atoms with Gasteiger partial charge in [0.05, 0.1) is 40.3 Å². The van der Waals surface area contributed by atoms with Gasteiger partial charge in [0.2, 0.25) is 0 Å². The Morgan fingerprint density at radius 1 is 0.477 bits per heavy atom. The molecule has 2 unspecified atom stereocenters. The minimum Gasteiger partial charge on any atom is -0.545 e. The van der Waals surface area contributed by atoms with Crippen LogP contribution in [0, 0.1) is 0 Å². The molecule has 0 amide bonds. The Morgan fingerprint density at radius 2 is 0.877 bits per heavy atom. The second-order valence-corrected chi connectivity index (χ2v) is 18.1. The zero-order valence-electron chi connectivity index (χ0n) is 42.1. The summed E-state index contributed by atoms with van der Waals surface area (Å²) < 4.78 is 22.6. The van der Waals surface area contributed by atoms with Gasteiger partial charge in [-0.15, -0.1) is 0 Å². The number of rotatable bonds is 46. The first-order chi connectivity index (χ1) is 31.6. The third kappa shape index (κ3) is 48.2. The van der Waals surface area contributed by atoms with Crippen LogP contribution in [-0.2, 0) is 33.3 Å². The number of allylic oxidation sites excluding steroid dienone is 14. The molecule has 0 saturated heterocycles. The maximum atomic E-state index is 12.8. The van der Waals surface area contributed by atoms with Crippen molar-refractivity contribution in [2.45, 2.75) is 206 Å². The van der Waals surface area contributed by atoms with Gasteiger partial charge in [0.25, 0.3) is 0 Å². The SMILES string of the molecule is CC/C=C\C/C=C\C/C=C\C/C=C\C/C=C\C/C=C\CCCCCCCCCCC(=O)OC(COC(=O)CCCCCCC/C=C\CCCCCC)COC(OCC[N+](C)(C)C)C(=O)[O-]. The Morgan fingerprint density at radius 3 is 1.32 bits per heavy atom. The third-order valence-electron chi connectivity index (χ3n) is 10.6. The molecule has 0 fully saturated rings. The Bertz CT molecular complexity index is 1340. The second kappa shape index (κ2) is 47.0. The van der Waals surface area contributed by atoms with E-state index in [1.54, 1.807) is 0 Å². The van der Waals surface area contributed by atoms with E-state index in [2.05, 4.69) is 98.9 Å². The molecule has 0 N–H and O–H groups in total. The van der Waals surface area contributed by atoms with E-state index in [1.165, 1.54) is 57.8 Å². The lowest BCUT2D eigenvalue weighted by Gasteiger charge is -2.26. The summed E-state index contributed by atoms with van der Waals surface area (Å²) in [7, 11) is 5.90. The van der Waals surface area contributed by atoms with Crippen LogP contribution in [0.3, 0.4) is 0 Å². The average Bonchev–Trinajstić information content (AvgIpc) is 3.27. The first-order valence-electron chi connectivity index (χ1n) is 25.7. The van der Waals surface area contributed by atoms with Crippen LogP contribution < -0.4 is 5.11 Å². The lowest BCUT2D eigenvalue weighted by molar-refractivity contribution is -0.870. The molecule has 65 heavy (non-hydrogen) atoms. The summed E-state index contributed by atoms with van der Waals surface area (Å²) in [6.07, 6.45) is 57.6. The molecule has 2 atom stereocenters. The standard InChI is InChI=1S/C56H95NO8/c1-6-8-10-12-14-16-18-20-21-22-23-24-25-26-27-28-29-30-31-32-33-35-37-39-41-43-45-47-54(59)65-52(51-64-56(55(60)61)62-49-48-57(3,4)5)50-63-53(58)46-44-42-40-38-36-34-19-17-15-13-11-9-7-2/h8,10,14,16-17,19-21,23-24,26-27,29-30,52,56H,6-7,9,11-13,15,18,22,25,28,31-51H2,1-5H3/b10-8-,16-14-,19-17-,21-20-,24-23-,27-26-,30-29-. The summed E-state index contributed by atoms with van der Waals surface area (Å²) in [5, 5.41) is 11.7. The average molecular weight is 910 g/mol. The van der Waals surface area contributed by atoms with Crippen molar-refractivity contribution >= 4 is 17.9 Å². The summed E-state index contributed by atoms with van der Waals surface area (Å²) in [4.78, 5) is 37.1. The molecular weight excluding hydrogens is 815 g/mol. The zero-order valence-corrected chi connectivity index (χ0v) is 42.1. The van der Waals surface area contributed by atoms with Crippen molar-refractivity contribution in [3.8, 4) is 0 Å². The number of carboxylic acid groups (broad SMARTS) is 1. The number of hydrogen-bond donors (Lipinski definition) is 0. The Balaban J connectivity index is 4.33. The molecule has 372 valence electrons. The Labute approximate surface area is 398 Å². The minimum absolute atomic E-state index is 0.141. The number of ether oxygens (including phenoxy) is 4. The highest BCUT2D eigenvalue weighted by atomic mass is 16.7. The number of carbonyl (C=O) groups is 3. The third-order valence-corrected chi connectivity index (χ3v) is 10.6. The monoisotopic (exact) mass is 910 g/mol. The van der Waals surface area contributed by atoms with Crippen molar-refractivity contribution in [3.05, 3.63) is 85.1 Å². The first kappa shape index (κ1) is 61.5. The van der Waals surface area contributed by atoms with Gasteiger partial charge in [0.15, 0.2) is 12.4 Å². The van der Waals surface area contributed by atoms with Gasteiger partial charge in [-0.1, -0.05) is 176 Å². The molecule has 0 aromatic rings. The smallest absolute Gasteiger partial charge is 0.306 e. The van der Waals surface area contributed by atoms with Crippen LogP contribution in [0.4, 0.5) is 0 Å². The fourth-order valence-corrected chi connectivity index (χ4v) is 6.65. The van der Waals surface area contributed by atoms with Crippen molar-refractivity contribution in [2.24, 2.45) is 0 Å².